The van der Waals surface area contributed by atoms with E-state index in [1.807, 2.05) is 0 Å². The average molecular weight is 154 g/mol. The van der Waals surface area contributed by atoms with Gasteiger partial charge in [-0.25, -0.2) is 14.9 Å². The van der Waals surface area contributed by atoms with Crippen molar-refractivity contribution in [1.82, 2.24) is 0 Å². The topological polar surface area (TPSA) is 50.8 Å². The number of carbonyl (C=O) groups is 2. The van der Waals surface area contributed by atoms with Crippen molar-refractivity contribution in [3.63, 3.8) is 0 Å². The zero-order chi connectivity index (χ0) is 4.12. The van der Waals surface area contributed by atoms with Gasteiger partial charge in [0.25, 0.3) is 0 Å². The summed E-state index contributed by atoms with van der Waals surface area (Å²) in [5.74, 6) is 0. The zero-order valence-electron chi connectivity index (χ0n) is 2.93. The lowest BCUT2D eigenvalue weighted by molar-refractivity contribution is -0.456. The number of carbonyl (C=O) groups excluding carboxylic acids is 2. The fourth-order valence-corrected chi connectivity index (χ4v) is 0.0321. The van der Waals surface area contributed by atoms with E-state index in [1.54, 1.807) is 0 Å². The first-order chi connectivity index (χ1) is 2.41. The number of rotatable bonds is 2. The Morgan fingerprint density at radius 2 is 1.50 bits per heavy atom. The van der Waals surface area contributed by atoms with Crippen molar-refractivity contribution in [3.05, 3.63) is 0 Å². The van der Waals surface area contributed by atoms with Crippen LogP contribution in [-0.4, -0.2) is 12.8 Å². The van der Waals surface area contributed by atoms with E-state index in [1.165, 1.54) is 0 Å². The van der Waals surface area contributed by atoms with Gasteiger partial charge in [-0.15, -0.1) is 0 Å². The number of hydrogen-bond acceptors (Lipinski definition) is 2. The molecule has 0 radical (unpaired) electrons. The molecule has 3 nitrogen and oxygen atoms in total. The lowest BCUT2D eigenvalue weighted by Gasteiger charge is -1.56. The average Bonchev–Trinajstić information content (AvgIpc) is 1.41. The Morgan fingerprint density at radius 3 is 1.50 bits per heavy atom. The third-order valence-corrected chi connectivity index (χ3v) is 0.157. The fraction of sp³-hybridized carbons (Fsp3) is 0. The fourth-order valence-electron chi connectivity index (χ4n) is 0.0321. The van der Waals surface area contributed by atoms with Gasteiger partial charge in [-0.3, -0.25) is 0 Å². The molecule has 0 atom stereocenters. The van der Waals surface area contributed by atoms with E-state index in [-0.39, 0.29) is 17.0 Å². The van der Waals surface area contributed by atoms with Crippen LogP contribution in [0.15, 0.2) is 0 Å². The van der Waals surface area contributed by atoms with Crippen LogP contribution in [0.3, 0.4) is 0 Å². The molecule has 0 aromatic carbocycles. The maximum absolute atomic E-state index is 9.12. The molecule has 36 valence electrons. The molecule has 0 heterocycles. The number of halogens is 1. The molecule has 0 aromatic rings. The first kappa shape index (κ1) is 9.24. The summed E-state index contributed by atoms with van der Waals surface area (Å²) >= 11 is 0. The number of imide groups is 1. The van der Waals surface area contributed by atoms with Crippen LogP contribution in [0.25, 0.3) is 0 Å². The van der Waals surface area contributed by atoms with E-state index in [0.717, 1.165) is 5.32 Å². The second-order valence-corrected chi connectivity index (χ2v) is 0.465. The standard InChI is InChI=1S/C2H3NO2.BrH/c4-1-3-2-5;/h1-2H,(H,3,4,5);1H. The van der Waals surface area contributed by atoms with Crippen molar-refractivity contribution in [2.45, 2.75) is 0 Å². The number of nitrogens with two attached hydrogens (primary N) is 1. The van der Waals surface area contributed by atoms with E-state index >= 15 is 0 Å². The highest BCUT2D eigenvalue weighted by molar-refractivity contribution is 5.47. The highest BCUT2D eigenvalue weighted by atomic mass is 79.9. The third-order valence-electron chi connectivity index (χ3n) is 0.157. The van der Waals surface area contributed by atoms with Crippen LogP contribution in [-0.2, 0) is 9.59 Å². The van der Waals surface area contributed by atoms with E-state index in [0.29, 0.717) is 12.8 Å². The van der Waals surface area contributed by atoms with Crippen LogP contribution in [0.5, 0.6) is 0 Å². The second kappa shape index (κ2) is 8.84. The van der Waals surface area contributed by atoms with Gasteiger partial charge < -0.3 is 17.0 Å². The summed E-state index contributed by atoms with van der Waals surface area (Å²) in [6.45, 7) is 0. The van der Waals surface area contributed by atoms with Crippen molar-refractivity contribution in [1.29, 1.82) is 0 Å². The van der Waals surface area contributed by atoms with Crippen LogP contribution in [0, 0.1) is 0 Å². The lowest BCUT2D eigenvalue weighted by Crippen LogP contribution is -3.00. The largest absolute Gasteiger partial charge is 1.00 e. The normalized spacial score (nSPS) is 5.33. The Kier molecular flexibility index (Phi) is 13.6. The Bertz CT molecular complexity index is 40.8. The second-order valence-electron chi connectivity index (χ2n) is 0.465. The van der Waals surface area contributed by atoms with Gasteiger partial charge in [0, 0.05) is 0 Å². The Morgan fingerprint density at radius 1 is 1.17 bits per heavy atom. The molecule has 0 aliphatic heterocycles. The van der Waals surface area contributed by atoms with Gasteiger partial charge in [0.1, 0.15) is 0 Å². The molecule has 2 amide bonds. The van der Waals surface area contributed by atoms with Crippen molar-refractivity contribution in [3.8, 4) is 0 Å². The molecule has 0 bridgehead atoms. The Labute approximate surface area is 45.5 Å². The SMILES string of the molecule is O=C[NH2+]C=O.[Br-]. The number of quaternary nitrogens is 1. The van der Waals surface area contributed by atoms with Crippen LogP contribution >= 0.6 is 0 Å². The maximum atomic E-state index is 9.12. The quantitative estimate of drug-likeness (QED) is 0.404. The predicted molar refractivity (Wildman–Crippen MR) is 14.1 cm³/mol. The molecule has 6 heavy (non-hydrogen) atoms. The van der Waals surface area contributed by atoms with E-state index < -0.39 is 0 Å². The summed E-state index contributed by atoms with van der Waals surface area (Å²) in [5.41, 5.74) is 0. The molecule has 0 aliphatic rings. The van der Waals surface area contributed by atoms with E-state index in [4.69, 9.17) is 9.59 Å². The maximum Gasteiger partial charge on any atom is 0.305 e. The number of amides is 2. The number of hydrogen-bond donors (Lipinski definition) is 1. The Hall–Kier alpha value is -0.220. The van der Waals surface area contributed by atoms with Crippen LogP contribution in [0.2, 0.25) is 0 Å². The van der Waals surface area contributed by atoms with Crippen molar-refractivity contribution >= 4 is 12.8 Å². The molecule has 0 saturated carbocycles. The van der Waals surface area contributed by atoms with Gasteiger partial charge in [0.2, 0.25) is 0 Å². The summed E-state index contributed by atoms with van der Waals surface area (Å²) in [6, 6.07) is 0. The van der Waals surface area contributed by atoms with Crippen LogP contribution in [0.1, 0.15) is 0 Å². The third kappa shape index (κ3) is 9.22. The monoisotopic (exact) mass is 153 g/mol. The minimum absolute atomic E-state index is 0. The van der Waals surface area contributed by atoms with Gasteiger partial charge >= 0.3 is 12.8 Å². The molecule has 0 saturated heterocycles. The summed E-state index contributed by atoms with van der Waals surface area (Å²) in [7, 11) is 0. The number of primary amides is 2. The summed E-state index contributed by atoms with van der Waals surface area (Å²) < 4.78 is 0. The smallest absolute Gasteiger partial charge is 0.305 e. The summed E-state index contributed by atoms with van der Waals surface area (Å²) in [6.07, 6.45) is 0.875. The molecule has 0 unspecified atom stereocenters. The van der Waals surface area contributed by atoms with Crippen LogP contribution < -0.4 is 22.3 Å². The molecule has 0 spiro atoms. The van der Waals surface area contributed by atoms with Crippen LogP contribution in [0.4, 0.5) is 0 Å². The van der Waals surface area contributed by atoms with Gasteiger partial charge in [-0.05, 0) is 0 Å². The minimum Gasteiger partial charge on any atom is -1.00 e. The molecule has 4 heteroatoms. The molecule has 0 rings (SSSR count). The van der Waals surface area contributed by atoms with Gasteiger partial charge in [-0.1, -0.05) is 0 Å². The van der Waals surface area contributed by atoms with Gasteiger partial charge in [0.05, 0.1) is 0 Å². The molecule has 0 fully saturated rings. The molecule has 2 N–H and O–H groups in total. The molecule has 0 aliphatic carbocycles. The first-order valence-corrected chi connectivity index (χ1v) is 1.14. The molecular weight excluding hydrogens is 150 g/mol. The van der Waals surface area contributed by atoms with Gasteiger partial charge in [0.15, 0.2) is 0 Å². The van der Waals surface area contributed by atoms with Gasteiger partial charge in [-0.2, -0.15) is 0 Å². The Balaban J connectivity index is 0. The van der Waals surface area contributed by atoms with E-state index in [2.05, 4.69) is 0 Å². The zero-order valence-corrected chi connectivity index (χ0v) is 4.51. The van der Waals surface area contributed by atoms with Crippen molar-refractivity contribution in [2.24, 2.45) is 0 Å². The lowest BCUT2D eigenvalue weighted by atomic mass is 11.2. The molecule has 0 aromatic heterocycles. The summed E-state index contributed by atoms with van der Waals surface area (Å²) in [5, 5.41) is 0.889. The predicted octanol–water partition coefficient (Wildman–Crippen LogP) is -5.13. The van der Waals surface area contributed by atoms with Crippen molar-refractivity contribution in [2.75, 3.05) is 0 Å². The highest BCUT2D eigenvalue weighted by Gasteiger charge is 1.64. The minimum atomic E-state index is 0. The van der Waals surface area contributed by atoms with E-state index in [9.17, 15) is 0 Å². The summed E-state index contributed by atoms with van der Waals surface area (Å²) in [4.78, 5) is 18.2. The highest BCUT2D eigenvalue weighted by Crippen LogP contribution is 0.901. The van der Waals surface area contributed by atoms with Crippen molar-refractivity contribution < 1.29 is 31.9 Å². The molecular formula is C2H4BrNO2. The first-order valence-electron chi connectivity index (χ1n) is 1.14.